The van der Waals surface area contributed by atoms with Crippen LogP contribution < -0.4 is 4.74 Å². The molecule has 0 atom stereocenters. The SMILES string of the molecule is N#Cc1ccc(CN2CCN(C3=Nc4ccccc4Oc4ccccc43)CC2)cc1. The van der Waals surface area contributed by atoms with Crippen LogP contribution in [0.1, 0.15) is 16.7 Å². The smallest absolute Gasteiger partial charge is 0.153 e. The highest BCUT2D eigenvalue weighted by Gasteiger charge is 2.25. The molecule has 0 aliphatic carbocycles. The number of hydrogen-bond acceptors (Lipinski definition) is 5. The van der Waals surface area contributed by atoms with Crippen molar-refractivity contribution >= 4 is 11.5 Å². The summed E-state index contributed by atoms with van der Waals surface area (Å²) in [5, 5.41) is 8.97. The fourth-order valence-corrected chi connectivity index (χ4v) is 3.97. The average molecular weight is 394 g/mol. The van der Waals surface area contributed by atoms with Crippen LogP contribution in [0.4, 0.5) is 5.69 Å². The Morgan fingerprint density at radius 1 is 0.833 bits per heavy atom. The lowest BCUT2D eigenvalue weighted by atomic mass is 10.1. The predicted molar refractivity (Wildman–Crippen MR) is 117 cm³/mol. The molecule has 30 heavy (non-hydrogen) atoms. The molecule has 5 rings (SSSR count). The van der Waals surface area contributed by atoms with Crippen molar-refractivity contribution in [1.82, 2.24) is 9.80 Å². The standard InChI is InChI=1S/C25H22N4O/c26-17-19-9-11-20(12-10-19)18-28-13-15-29(16-14-28)25-21-5-1-3-7-23(21)30-24-8-4-2-6-22(24)27-25/h1-12H,13-16,18H2. The Morgan fingerprint density at radius 2 is 1.53 bits per heavy atom. The van der Waals surface area contributed by atoms with Gasteiger partial charge in [0.05, 0.1) is 17.2 Å². The van der Waals surface area contributed by atoms with Gasteiger partial charge < -0.3 is 9.64 Å². The van der Waals surface area contributed by atoms with E-state index >= 15 is 0 Å². The minimum Gasteiger partial charge on any atom is -0.454 e. The Balaban J connectivity index is 1.35. The normalized spacial score (nSPS) is 15.8. The molecule has 2 heterocycles. The summed E-state index contributed by atoms with van der Waals surface area (Å²) in [6.45, 7) is 4.64. The molecule has 0 amide bonds. The van der Waals surface area contributed by atoms with Crippen LogP contribution in [-0.4, -0.2) is 41.8 Å². The number of nitriles is 1. The van der Waals surface area contributed by atoms with Gasteiger partial charge in [-0.1, -0.05) is 36.4 Å². The first-order valence-corrected chi connectivity index (χ1v) is 10.2. The van der Waals surface area contributed by atoms with Gasteiger partial charge in [0.15, 0.2) is 5.75 Å². The van der Waals surface area contributed by atoms with Gasteiger partial charge in [0, 0.05) is 32.7 Å². The first-order valence-electron chi connectivity index (χ1n) is 10.2. The van der Waals surface area contributed by atoms with E-state index in [1.54, 1.807) is 0 Å². The topological polar surface area (TPSA) is 51.9 Å². The van der Waals surface area contributed by atoms with Gasteiger partial charge >= 0.3 is 0 Å². The number of benzene rings is 3. The molecule has 5 heteroatoms. The van der Waals surface area contributed by atoms with E-state index < -0.39 is 0 Å². The lowest BCUT2D eigenvalue weighted by Crippen LogP contribution is -2.48. The first-order chi connectivity index (χ1) is 14.8. The molecule has 148 valence electrons. The molecule has 2 aliphatic rings. The molecule has 5 nitrogen and oxygen atoms in total. The van der Waals surface area contributed by atoms with Crippen LogP contribution in [0.3, 0.4) is 0 Å². The van der Waals surface area contributed by atoms with E-state index in [0.717, 1.165) is 61.3 Å². The summed E-state index contributed by atoms with van der Waals surface area (Å²) in [7, 11) is 0. The number of piperazine rings is 1. The monoisotopic (exact) mass is 394 g/mol. The van der Waals surface area contributed by atoms with Crippen molar-refractivity contribution < 1.29 is 4.74 Å². The van der Waals surface area contributed by atoms with Crippen molar-refractivity contribution in [1.29, 1.82) is 5.26 Å². The second-order valence-corrected chi connectivity index (χ2v) is 7.57. The van der Waals surface area contributed by atoms with Gasteiger partial charge in [0.1, 0.15) is 17.3 Å². The third-order valence-electron chi connectivity index (χ3n) is 5.60. The molecule has 2 aliphatic heterocycles. The van der Waals surface area contributed by atoms with Crippen LogP contribution >= 0.6 is 0 Å². The minimum atomic E-state index is 0.705. The molecular formula is C25H22N4O. The van der Waals surface area contributed by atoms with Crippen LogP contribution in [-0.2, 0) is 6.54 Å². The van der Waals surface area contributed by atoms with Crippen LogP contribution in [0.5, 0.6) is 11.5 Å². The Bertz CT molecular complexity index is 1120. The molecule has 0 aromatic heterocycles. The second-order valence-electron chi connectivity index (χ2n) is 7.57. The molecule has 0 radical (unpaired) electrons. The average Bonchev–Trinajstić information content (AvgIpc) is 2.97. The van der Waals surface area contributed by atoms with Crippen LogP contribution in [0.2, 0.25) is 0 Å². The van der Waals surface area contributed by atoms with Gasteiger partial charge in [0.25, 0.3) is 0 Å². The van der Waals surface area contributed by atoms with Crippen molar-refractivity contribution in [2.24, 2.45) is 4.99 Å². The number of amidine groups is 1. The summed E-state index contributed by atoms with van der Waals surface area (Å²) in [5.74, 6) is 2.62. The number of para-hydroxylation sites is 3. The summed E-state index contributed by atoms with van der Waals surface area (Å²) >= 11 is 0. The van der Waals surface area contributed by atoms with Crippen LogP contribution in [0.15, 0.2) is 77.8 Å². The van der Waals surface area contributed by atoms with Crippen molar-refractivity contribution in [3.8, 4) is 17.6 Å². The summed E-state index contributed by atoms with van der Waals surface area (Å²) in [4.78, 5) is 9.81. The predicted octanol–water partition coefficient (Wildman–Crippen LogP) is 4.56. The Labute approximate surface area is 176 Å². The van der Waals surface area contributed by atoms with E-state index in [-0.39, 0.29) is 0 Å². The van der Waals surface area contributed by atoms with E-state index in [1.165, 1.54) is 5.56 Å². The maximum atomic E-state index is 8.97. The molecule has 3 aromatic rings. The number of aliphatic imine (C=N–C) groups is 1. The zero-order valence-electron chi connectivity index (χ0n) is 16.7. The molecular weight excluding hydrogens is 372 g/mol. The first kappa shape index (κ1) is 18.4. The van der Waals surface area contributed by atoms with Gasteiger partial charge in [0.2, 0.25) is 0 Å². The number of fused-ring (bicyclic) bond motifs is 2. The number of hydrogen-bond donors (Lipinski definition) is 0. The second kappa shape index (κ2) is 8.02. The van der Waals surface area contributed by atoms with E-state index in [9.17, 15) is 0 Å². The third-order valence-corrected chi connectivity index (χ3v) is 5.60. The quantitative estimate of drug-likeness (QED) is 0.639. The molecule has 0 unspecified atom stereocenters. The van der Waals surface area contributed by atoms with Crippen LogP contribution in [0, 0.1) is 11.3 Å². The maximum absolute atomic E-state index is 8.97. The molecule has 1 fully saturated rings. The van der Waals surface area contributed by atoms with Crippen molar-refractivity contribution in [3.05, 3.63) is 89.5 Å². The highest BCUT2D eigenvalue weighted by Crippen LogP contribution is 2.37. The number of rotatable bonds is 2. The molecule has 3 aromatic carbocycles. The van der Waals surface area contributed by atoms with Gasteiger partial charge in [-0.05, 0) is 42.0 Å². The van der Waals surface area contributed by atoms with Gasteiger partial charge in [-0.2, -0.15) is 5.26 Å². The van der Waals surface area contributed by atoms with E-state index in [1.807, 2.05) is 66.7 Å². The van der Waals surface area contributed by atoms with Crippen molar-refractivity contribution in [2.75, 3.05) is 26.2 Å². The highest BCUT2D eigenvalue weighted by atomic mass is 16.5. The van der Waals surface area contributed by atoms with E-state index in [2.05, 4.69) is 21.9 Å². The van der Waals surface area contributed by atoms with Gasteiger partial charge in [-0.15, -0.1) is 0 Å². The zero-order valence-corrected chi connectivity index (χ0v) is 16.7. The summed E-state index contributed by atoms with van der Waals surface area (Å²) in [6.07, 6.45) is 0. The van der Waals surface area contributed by atoms with Crippen molar-refractivity contribution in [3.63, 3.8) is 0 Å². The lowest BCUT2D eigenvalue weighted by Gasteiger charge is -2.36. The fraction of sp³-hybridized carbons (Fsp3) is 0.200. The number of ether oxygens (including phenoxy) is 1. The Hall–Kier alpha value is -3.62. The molecule has 0 saturated carbocycles. The van der Waals surface area contributed by atoms with E-state index in [0.29, 0.717) is 5.56 Å². The van der Waals surface area contributed by atoms with Gasteiger partial charge in [-0.3, -0.25) is 4.90 Å². The molecule has 0 spiro atoms. The minimum absolute atomic E-state index is 0.705. The summed E-state index contributed by atoms with van der Waals surface area (Å²) in [6, 6.07) is 26.1. The van der Waals surface area contributed by atoms with Crippen molar-refractivity contribution in [2.45, 2.75) is 6.54 Å². The fourth-order valence-electron chi connectivity index (χ4n) is 3.97. The van der Waals surface area contributed by atoms with E-state index in [4.69, 9.17) is 15.0 Å². The summed E-state index contributed by atoms with van der Waals surface area (Å²) < 4.78 is 6.17. The lowest BCUT2D eigenvalue weighted by molar-refractivity contribution is 0.175. The number of nitrogens with zero attached hydrogens (tertiary/aromatic N) is 4. The third kappa shape index (κ3) is 3.66. The van der Waals surface area contributed by atoms with Gasteiger partial charge in [-0.25, -0.2) is 4.99 Å². The zero-order chi connectivity index (χ0) is 20.3. The Morgan fingerprint density at radius 3 is 2.30 bits per heavy atom. The van der Waals surface area contributed by atoms with Crippen LogP contribution in [0.25, 0.3) is 0 Å². The highest BCUT2D eigenvalue weighted by molar-refractivity contribution is 6.03. The summed E-state index contributed by atoms with van der Waals surface area (Å²) in [5.41, 5.74) is 3.84. The largest absolute Gasteiger partial charge is 0.454 e. The molecule has 0 N–H and O–H groups in total. The molecule has 0 bridgehead atoms. The maximum Gasteiger partial charge on any atom is 0.153 e. The Kier molecular flexibility index (Phi) is 4.92. The molecule has 1 saturated heterocycles.